The number of ether oxygens (including phenoxy) is 2. The van der Waals surface area contributed by atoms with Crippen molar-refractivity contribution in [1.29, 1.82) is 0 Å². The number of alkyl halides is 8. The second kappa shape index (κ2) is 6.93. The van der Waals surface area contributed by atoms with Crippen molar-refractivity contribution in [1.82, 2.24) is 0 Å². The Bertz CT molecular complexity index is 420. The molecule has 0 heterocycles. The summed E-state index contributed by atoms with van der Waals surface area (Å²) in [5, 5.41) is 0. The van der Waals surface area contributed by atoms with Crippen molar-refractivity contribution in [2.24, 2.45) is 11.8 Å². The summed E-state index contributed by atoms with van der Waals surface area (Å²) in [6.07, 6.45) is -10.3. The van der Waals surface area contributed by atoms with Crippen LogP contribution in [0.3, 0.4) is 0 Å². The van der Waals surface area contributed by atoms with Gasteiger partial charge in [0.25, 0.3) is 11.8 Å². The van der Waals surface area contributed by atoms with Crippen molar-refractivity contribution in [2.45, 2.75) is 63.4 Å². The molecule has 1 saturated carbocycles. The molecular weight excluding hydrogens is 352 g/mol. The van der Waals surface area contributed by atoms with E-state index in [1.807, 2.05) is 0 Å². The molecule has 2 nitrogen and oxygen atoms in total. The molecule has 0 aromatic carbocycles. The van der Waals surface area contributed by atoms with Crippen LogP contribution in [-0.2, 0) is 9.47 Å². The van der Waals surface area contributed by atoms with Gasteiger partial charge in [-0.25, -0.2) is 22.0 Å². The topological polar surface area (TPSA) is 18.5 Å². The van der Waals surface area contributed by atoms with E-state index in [0.29, 0.717) is 0 Å². The Morgan fingerprint density at radius 3 is 2.00 bits per heavy atom. The molecule has 0 N–H and O–H groups in total. The lowest BCUT2D eigenvalue weighted by molar-refractivity contribution is -0.405. The highest BCUT2D eigenvalue weighted by atomic mass is 19.4. The lowest BCUT2D eigenvalue weighted by atomic mass is 9.65. The number of halogens is 8. The van der Waals surface area contributed by atoms with Gasteiger partial charge < -0.3 is 9.47 Å². The van der Waals surface area contributed by atoms with E-state index in [9.17, 15) is 35.1 Å². The van der Waals surface area contributed by atoms with Crippen molar-refractivity contribution in [3.05, 3.63) is 0 Å². The zero-order valence-electron chi connectivity index (χ0n) is 13.4. The fourth-order valence-corrected chi connectivity index (χ4v) is 3.08. The summed E-state index contributed by atoms with van der Waals surface area (Å²) in [6, 6.07) is 0. The lowest BCUT2D eigenvalue weighted by Gasteiger charge is -2.52. The first-order valence-corrected chi connectivity index (χ1v) is 7.44. The number of hydrogen-bond donors (Lipinski definition) is 0. The summed E-state index contributed by atoms with van der Waals surface area (Å²) in [5.74, 6) is -14.6. The Labute approximate surface area is 134 Å². The van der Waals surface area contributed by atoms with Gasteiger partial charge in [-0.15, -0.1) is 0 Å². The third kappa shape index (κ3) is 3.49. The molecule has 0 amide bonds. The number of hydrogen-bond acceptors (Lipinski definition) is 2. The Balaban J connectivity index is 3.48. The SMILES string of the molecule is CCOCOC1(C(F)(F)F)CC(CC)C(F)C(C(C)(F)F)C1(F)F. The molecular formula is C14H20F8O2. The molecule has 0 radical (unpaired) electrons. The van der Waals surface area contributed by atoms with Crippen LogP contribution in [0.15, 0.2) is 0 Å². The van der Waals surface area contributed by atoms with Crippen molar-refractivity contribution >= 4 is 0 Å². The van der Waals surface area contributed by atoms with Crippen molar-refractivity contribution < 1.29 is 44.6 Å². The first-order chi connectivity index (χ1) is 10.8. The van der Waals surface area contributed by atoms with E-state index in [0.717, 1.165) is 0 Å². The van der Waals surface area contributed by atoms with E-state index in [2.05, 4.69) is 9.47 Å². The van der Waals surface area contributed by atoms with Gasteiger partial charge >= 0.3 is 6.18 Å². The van der Waals surface area contributed by atoms with Gasteiger partial charge in [0.15, 0.2) is 0 Å². The molecule has 0 aliphatic heterocycles. The summed E-state index contributed by atoms with van der Waals surface area (Å²) in [6.45, 7) is 1.32. The second-order valence-corrected chi connectivity index (χ2v) is 5.95. The van der Waals surface area contributed by atoms with Gasteiger partial charge in [-0.3, -0.25) is 0 Å². The molecule has 1 aliphatic rings. The summed E-state index contributed by atoms with van der Waals surface area (Å²) in [7, 11) is 0. The fourth-order valence-electron chi connectivity index (χ4n) is 3.08. The predicted octanol–water partition coefficient (Wildman–Crippen LogP) is 4.97. The molecule has 0 aromatic heterocycles. The maximum atomic E-state index is 14.5. The molecule has 0 spiro atoms. The first-order valence-electron chi connectivity index (χ1n) is 7.44. The largest absolute Gasteiger partial charge is 0.423 e. The highest BCUT2D eigenvalue weighted by Crippen LogP contribution is 2.60. The first kappa shape index (κ1) is 21.4. The van der Waals surface area contributed by atoms with Gasteiger partial charge in [-0.2, -0.15) is 13.2 Å². The smallest absolute Gasteiger partial charge is 0.356 e. The molecule has 4 atom stereocenters. The highest BCUT2D eigenvalue weighted by Gasteiger charge is 2.80. The van der Waals surface area contributed by atoms with Gasteiger partial charge in [0.2, 0.25) is 5.60 Å². The van der Waals surface area contributed by atoms with E-state index in [4.69, 9.17) is 0 Å². The van der Waals surface area contributed by atoms with Gasteiger partial charge in [0.05, 0.1) is 0 Å². The Morgan fingerprint density at radius 1 is 1.08 bits per heavy atom. The zero-order chi connectivity index (χ0) is 19.0. The summed E-state index contributed by atoms with van der Waals surface area (Å²) >= 11 is 0. The van der Waals surface area contributed by atoms with Crippen LogP contribution in [0.2, 0.25) is 0 Å². The van der Waals surface area contributed by atoms with Gasteiger partial charge in [0, 0.05) is 6.61 Å². The van der Waals surface area contributed by atoms with Crippen LogP contribution in [0.25, 0.3) is 0 Å². The molecule has 1 rings (SSSR count). The van der Waals surface area contributed by atoms with E-state index < -0.39 is 54.8 Å². The van der Waals surface area contributed by atoms with Gasteiger partial charge in [0.1, 0.15) is 18.9 Å². The van der Waals surface area contributed by atoms with Crippen LogP contribution in [0, 0.1) is 11.8 Å². The Kier molecular flexibility index (Phi) is 6.18. The van der Waals surface area contributed by atoms with E-state index in [-0.39, 0.29) is 20.0 Å². The molecule has 0 saturated heterocycles. The van der Waals surface area contributed by atoms with Crippen molar-refractivity contribution in [3.63, 3.8) is 0 Å². The third-order valence-electron chi connectivity index (χ3n) is 4.37. The van der Waals surface area contributed by atoms with Crippen molar-refractivity contribution in [3.8, 4) is 0 Å². The van der Waals surface area contributed by atoms with Crippen LogP contribution in [0.5, 0.6) is 0 Å². The average Bonchev–Trinajstić information content (AvgIpc) is 2.38. The van der Waals surface area contributed by atoms with Crippen LogP contribution in [-0.4, -0.2) is 43.2 Å². The maximum Gasteiger partial charge on any atom is 0.423 e. The fraction of sp³-hybridized carbons (Fsp3) is 1.00. The maximum absolute atomic E-state index is 14.5. The predicted molar refractivity (Wildman–Crippen MR) is 68.7 cm³/mol. The minimum Gasteiger partial charge on any atom is -0.356 e. The zero-order valence-corrected chi connectivity index (χ0v) is 13.4. The van der Waals surface area contributed by atoms with Crippen LogP contribution in [0.1, 0.15) is 33.6 Å². The minimum absolute atomic E-state index is 0.0140. The van der Waals surface area contributed by atoms with E-state index in [1.165, 1.54) is 13.8 Å². The molecule has 24 heavy (non-hydrogen) atoms. The molecule has 1 aliphatic carbocycles. The molecule has 144 valence electrons. The molecule has 0 aromatic rings. The summed E-state index contributed by atoms with van der Waals surface area (Å²) in [5.41, 5.74) is -4.23. The molecule has 0 bridgehead atoms. The lowest BCUT2D eigenvalue weighted by Crippen LogP contribution is -2.71. The van der Waals surface area contributed by atoms with E-state index >= 15 is 0 Å². The summed E-state index contributed by atoms with van der Waals surface area (Å²) in [4.78, 5) is 0. The van der Waals surface area contributed by atoms with E-state index in [1.54, 1.807) is 0 Å². The van der Waals surface area contributed by atoms with Crippen LogP contribution >= 0.6 is 0 Å². The monoisotopic (exact) mass is 372 g/mol. The van der Waals surface area contributed by atoms with Crippen molar-refractivity contribution in [2.75, 3.05) is 13.4 Å². The number of rotatable bonds is 6. The minimum atomic E-state index is -5.69. The third-order valence-corrected chi connectivity index (χ3v) is 4.37. The highest BCUT2D eigenvalue weighted by molar-refractivity contribution is 5.13. The van der Waals surface area contributed by atoms with Gasteiger partial charge in [-0.05, 0) is 26.2 Å². The average molecular weight is 372 g/mol. The van der Waals surface area contributed by atoms with Crippen LogP contribution in [0.4, 0.5) is 35.1 Å². The molecule has 1 fully saturated rings. The van der Waals surface area contributed by atoms with Gasteiger partial charge in [-0.1, -0.05) is 13.3 Å². The normalized spacial score (nSPS) is 34.4. The second-order valence-electron chi connectivity index (χ2n) is 5.95. The van der Waals surface area contributed by atoms with Crippen LogP contribution < -0.4 is 0 Å². The molecule has 4 unspecified atom stereocenters. The standard InChI is InChI=1S/C14H20F8O2/c1-4-8-6-12(14(20,21)22,24-7-23-5-2)13(18,19)10(9(8)15)11(3,16)17/h8-10H,4-7H2,1-3H3. The quantitative estimate of drug-likeness (QED) is 0.372. The Morgan fingerprint density at radius 2 is 1.62 bits per heavy atom. The Hall–Kier alpha value is -0.640. The molecule has 10 heteroatoms. The summed E-state index contributed by atoms with van der Waals surface area (Å²) < 4.78 is 120.